The van der Waals surface area contributed by atoms with Crippen LogP contribution in [0.2, 0.25) is 0 Å². The van der Waals surface area contributed by atoms with Gasteiger partial charge in [-0.3, -0.25) is 9.48 Å². The van der Waals surface area contributed by atoms with E-state index in [-0.39, 0.29) is 23.2 Å². The zero-order valence-electron chi connectivity index (χ0n) is 12.6. The number of nitrogen functional groups attached to an aromatic ring is 1. The van der Waals surface area contributed by atoms with Crippen molar-refractivity contribution in [2.75, 3.05) is 11.1 Å². The minimum absolute atomic E-state index is 0.0199. The molecule has 0 spiro atoms. The normalized spacial score (nSPS) is 11.0. The van der Waals surface area contributed by atoms with Gasteiger partial charge in [-0.2, -0.15) is 5.10 Å². The molecule has 0 saturated carbocycles. The highest BCUT2D eigenvalue weighted by molar-refractivity contribution is 6.05. The minimum atomic E-state index is -0.603. The standard InChI is InChI=1S/C15H19FN4O/c1-8(2)20-10(4)14(9(3)19-20)18-15(21)11-5-6-13(17)12(16)7-11/h5-8H,17H2,1-4H3,(H,18,21). The predicted octanol–water partition coefficient (Wildman–Crippen LogP) is 3.05. The van der Waals surface area contributed by atoms with E-state index < -0.39 is 5.82 Å². The molecule has 21 heavy (non-hydrogen) atoms. The fraction of sp³-hybridized carbons (Fsp3) is 0.333. The van der Waals surface area contributed by atoms with Crippen LogP contribution >= 0.6 is 0 Å². The number of carbonyl (C=O) groups is 1. The lowest BCUT2D eigenvalue weighted by Crippen LogP contribution is -2.14. The highest BCUT2D eigenvalue weighted by atomic mass is 19.1. The third-order valence-corrected chi connectivity index (χ3v) is 3.32. The lowest BCUT2D eigenvalue weighted by Gasteiger charge is -2.09. The molecule has 0 atom stereocenters. The second-order valence-electron chi connectivity index (χ2n) is 5.27. The van der Waals surface area contributed by atoms with Gasteiger partial charge in [0.1, 0.15) is 5.82 Å². The molecule has 1 aromatic carbocycles. The van der Waals surface area contributed by atoms with Crippen LogP contribution in [-0.2, 0) is 0 Å². The second kappa shape index (κ2) is 5.55. The molecule has 2 aromatic rings. The zero-order valence-corrected chi connectivity index (χ0v) is 12.6. The van der Waals surface area contributed by atoms with Crippen molar-refractivity contribution in [1.82, 2.24) is 9.78 Å². The number of aromatic nitrogens is 2. The molecule has 2 rings (SSSR count). The Balaban J connectivity index is 2.29. The molecule has 0 bridgehead atoms. The summed E-state index contributed by atoms with van der Waals surface area (Å²) in [6.07, 6.45) is 0. The third kappa shape index (κ3) is 2.89. The van der Waals surface area contributed by atoms with Crippen LogP contribution in [0.3, 0.4) is 0 Å². The molecule has 5 nitrogen and oxygen atoms in total. The van der Waals surface area contributed by atoms with Gasteiger partial charge < -0.3 is 11.1 Å². The molecule has 1 heterocycles. The average molecular weight is 290 g/mol. The lowest BCUT2D eigenvalue weighted by molar-refractivity contribution is 0.102. The van der Waals surface area contributed by atoms with E-state index >= 15 is 0 Å². The summed E-state index contributed by atoms with van der Waals surface area (Å²) in [5.74, 6) is -0.989. The van der Waals surface area contributed by atoms with Crippen molar-refractivity contribution in [3.8, 4) is 0 Å². The summed E-state index contributed by atoms with van der Waals surface area (Å²) >= 11 is 0. The van der Waals surface area contributed by atoms with Crippen molar-refractivity contribution < 1.29 is 9.18 Å². The number of anilines is 2. The molecule has 0 aliphatic heterocycles. The van der Waals surface area contributed by atoms with E-state index in [4.69, 9.17) is 5.73 Å². The van der Waals surface area contributed by atoms with E-state index in [1.807, 2.05) is 32.4 Å². The fourth-order valence-corrected chi connectivity index (χ4v) is 2.20. The Morgan fingerprint density at radius 3 is 2.57 bits per heavy atom. The number of halogens is 1. The summed E-state index contributed by atoms with van der Waals surface area (Å²) in [7, 11) is 0. The Bertz CT molecular complexity index is 691. The molecule has 6 heteroatoms. The molecule has 0 aliphatic rings. The van der Waals surface area contributed by atoms with Gasteiger partial charge >= 0.3 is 0 Å². The van der Waals surface area contributed by atoms with E-state index in [1.165, 1.54) is 12.1 Å². The number of aryl methyl sites for hydroxylation is 1. The smallest absolute Gasteiger partial charge is 0.255 e. The number of nitrogens with zero attached hydrogens (tertiary/aromatic N) is 2. The summed E-state index contributed by atoms with van der Waals surface area (Å²) in [6.45, 7) is 7.74. The fourth-order valence-electron chi connectivity index (χ4n) is 2.20. The Morgan fingerprint density at radius 1 is 1.38 bits per heavy atom. The predicted molar refractivity (Wildman–Crippen MR) is 80.9 cm³/mol. The first-order valence-electron chi connectivity index (χ1n) is 6.73. The van der Waals surface area contributed by atoms with Gasteiger partial charge in [0.05, 0.1) is 22.8 Å². The monoisotopic (exact) mass is 290 g/mol. The van der Waals surface area contributed by atoms with Gasteiger partial charge in [-0.05, 0) is 45.9 Å². The minimum Gasteiger partial charge on any atom is -0.396 e. The molecular weight excluding hydrogens is 271 g/mol. The van der Waals surface area contributed by atoms with Crippen molar-refractivity contribution in [2.45, 2.75) is 33.7 Å². The Hall–Kier alpha value is -2.37. The largest absolute Gasteiger partial charge is 0.396 e. The molecule has 1 amide bonds. The first-order valence-corrected chi connectivity index (χ1v) is 6.73. The maximum atomic E-state index is 13.4. The van der Waals surface area contributed by atoms with E-state index in [0.717, 1.165) is 17.5 Å². The van der Waals surface area contributed by atoms with Gasteiger partial charge in [0.15, 0.2) is 0 Å². The number of rotatable bonds is 3. The maximum absolute atomic E-state index is 13.4. The summed E-state index contributed by atoms with van der Waals surface area (Å²) < 4.78 is 15.3. The number of hydrogen-bond acceptors (Lipinski definition) is 3. The van der Waals surface area contributed by atoms with Crippen LogP contribution in [0, 0.1) is 19.7 Å². The number of benzene rings is 1. The van der Waals surface area contributed by atoms with Gasteiger partial charge in [-0.25, -0.2) is 4.39 Å². The number of carbonyl (C=O) groups excluding carboxylic acids is 1. The highest BCUT2D eigenvalue weighted by Gasteiger charge is 2.17. The van der Waals surface area contributed by atoms with Gasteiger partial charge in [0.2, 0.25) is 0 Å². The Kier molecular flexibility index (Phi) is 3.97. The number of hydrogen-bond donors (Lipinski definition) is 2. The van der Waals surface area contributed by atoms with Gasteiger partial charge in [0.25, 0.3) is 5.91 Å². The molecule has 0 fully saturated rings. The van der Waals surface area contributed by atoms with Crippen molar-refractivity contribution >= 4 is 17.3 Å². The number of nitrogens with two attached hydrogens (primary N) is 1. The molecule has 0 radical (unpaired) electrons. The SMILES string of the molecule is Cc1nn(C(C)C)c(C)c1NC(=O)c1ccc(N)c(F)c1. The van der Waals surface area contributed by atoms with Crippen LogP contribution in [0.15, 0.2) is 18.2 Å². The van der Waals surface area contributed by atoms with Crippen LogP contribution in [0.1, 0.15) is 41.6 Å². The van der Waals surface area contributed by atoms with Gasteiger partial charge in [0, 0.05) is 11.6 Å². The first kappa shape index (κ1) is 15.0. The topological polar surface area (TPSA) is 72.9 Å². The van der Waals surface area contributed by atoms with Crippen LogP contribution in [0.5, 0.6) is 0 Å². The van der Waals surface area contributed by atoms with Crippen molar-refractivity contribution in [3.05, 3.63) is 41.0 Å². The van der Waals surface area contributed by atoms with E-state index in [9.17, 15) is 9.18 Å². The van der Waals surface area contributed by atoms with E-state index in [1.54, 1.807) is 0 Å². The zero-order chi connectivity index (χ0) is 15.7. The van der Waals surface area contributed by atoms with Crippen LogP contribution in [-0.4, -0.2) is 15.7 Å². The first-order chi connectivity index (χ1) is 9.81. The molecule has 0 unspecified atom stereocenters. The maximum Gasteiger partial charge on any atom is 0.255 e. The molecule has 3 N–H and O–H groups in total. The molecule has 0 aliphatic carbocycles. The molecule has 1 aromatic heterocycles. The van der Waals surface area contributed by atoms with Crippen molar-refractivity contribution in [2.24, 2.45) is 0 Å². The lowest BCUT2D eigenvalue weighted by atomic mass is 10.1. The van der Waals surface area contributed by atoms with Crippen LogP contribution < -0.4 is 11.1 Å². The number of nitrogens with one attached hydrogen (secondary N) is 1. The van der Waals surface area contributed by atoms with Crippen molar-refractivity contribution in [3.63, 3.8) is 0 Å². The summed E-state index contributed by atoms with van der Waals surface area (Å²) in [5.41, 5.74) is 7.90. The summed E-state index contributed by atoms with van der Waals surface area (Å²) in [4.78, 5) is 12.2. The van der Waals surface area contributed by atoms with E-state index in [0.29, 0.717) is 5.69 Å². The average Bonchev–Trinajstić information content (AvgIpc) is 2.70. The Labute approximate surface area is 123 Å². The van der Waals surface area contributed by atoms with Crippen LogP contribution in [0.4, 0.5) is 15.8 Å². The Morgan fingerprint density at radius 2 is 2.05 bits per heavy atom. The van der Waals surface area contributed by atoms with Crippen LogP contribution in [0.25, 0.3) is 0 Å². The van der Waals surface area contributed by atoms with Gasteiger partial charge in [-0.15, -0.1) is 0 Å². The quantitative estimate of drug-likeness (QED) is 0.853. The van der Waals surface area contributed by atoms with Crippen molar-refractivity contribution in [1.29, 1.82) is 0 Å². The highest BCUT2D eigenvalue weighted by Crippen LogP contribution is 2.23. The molecule has 0 saturated heterocycles. The molecular formula is C15H19FN4O. The second-order valence-corrected chi connectivity index (χ2v) is 5.27. The summed E-state index contributed by atoms with van der Waals surface area (Å²) in [6, 6.07) is 4.19. The van der Waals surface area contributed by atoms with Gasteiger partial charge in [-0.1, -0.05) is 0 Å². The summed E-state index contributed by atoms with van der Waals surface area (Å²) in [5, 5.41) is 7.18. The van der Waals surface area contributed by atoms with E-state index in [2.05, 4.69) is 10.4 Å². The molecule has 112 valence electrons. The third-order valence-electron chi connectivity index (χ3n) is 3.32. The number of amides is 1.